The Hall–Kier alpha value is -2.64. The number of nitro benzene ring substituents is 1. The molecule has 1 aliphatic heterocycles. The molecule has 1 saturated heterocycles. The van der Waals surface area contributed by atoms with Crippen LogP contribution in [-0.4, -0.2) is 42.5 Å². The maximum absolute atomic E-state index is 12.3. The highest BCUT2D eigenvalue weighted by Crippen LogP contribution is 2.32. The number of nitrogens with one attached hydrogen (secondary N) is 1. The topological polar surface area (TPSA) is 102 Å². The lowest BCUT2D eigenvalue weighted by Crippen LogP contribution is -2.36. The predicted molar refractivity (Wildman–Crippen MR) is 107 cm³/mol. The van der Waals surface area contributed by atoms with Crippen LogP contribution in [0.1, 0.15) is 56.8 Å². The number of ether oxygens (including phenoxy) is 1. The zero-order valence-corrected chi connectivity index (χ0v) is 16.8. The summed E-state index contributed by atoms with van der Waals surface area (Å²) in [4.78, 5) is 37.2. The number of hydrogen-bond acceptors (Lipinski definition) is 6. The normalized spacial score (nSPS) is 16.7. The molecular formula is C20H29N3O5. The number of hydrogen-bond donors (Lipinski definition) is 1. The first-order valence-electron chi connectivity index (χ1n) is 9.85. The fraction of sp³-hybridized carbons (Fsp3) is 0.600. The molecule has 8 heteroatoms. The zero-order chi connectivity index (χ0) is 20.7. The number of nitrogens with zero attached hydrogens (tertiary/aromatic N) is 2. The number of nitro groups is 1. The Kier molecular flexibility index (Phi) is 7.78. The van der Waals surface area contributed by atoms with Crippen molar-refractivity contribution in [3.8, 4) is 0 Å². The van der Waals surface area contributed by atoms with Gasteiger partial charge in [0, 0.05) is 25.2 Å². The molecule has 8 nitrogen and oxygen atoms in total. The molecule has 154 valence electrons. The molecule has 0 radical (unpaired) electrons. The van der Waals surface area contributed by atoms with Gasteiger partial charge >= 0.3 is 5.97 Å². The highest BCUT2D eigenvalue weighted by Gasteiger charge is 2.25. The van der Waals surface area contributed by atoms with E-state index in [4.69, 9.17) is 4.74 Å². The van der Waals surface area contributed by atoms with Crippen molar-refractivity contribution in [2.75, 3.05) is 24.6 Å². The van der Waals surface area contributed by atoms with E-state index in [1.807, 2.05) is 18.7 Å². The van der Waals surface area contributed by atoms with Crippen LogP contribution >= 0.6 is 0 Å². The Morgan fingerprint density at radius 1 is 1.36 bits per heavy atom. The van der Waals surface area contributed by atoms with Gasteiger partial charge in [0.05, 0.1) is 10.5 Å². The van der Waals surface area contributed by atoms with Crippen LogP contribution in [0.2, 0.25) is 0 Å². The van der Waals surface area contributed by atoms with E-state index in [1.54, 1.807) is 6.07 Å². The van der Waals surface area contributed by atoms with Crippen molar-refractivity contribution in [2.45, 2.75) is 52.5 Å². The van der Waals surface area contributed by atoms with Gasteiger partial charge in [-0.25, -0.2) is 4.79 Å². The molecule has 28 heavy (non-hydrogen) atoms. The first kappa shape index (κ1) is 21.7. The van der Waals surface area contributed by atoms with Gasteiger partial charge in [0.15, 0.2) is 6.61 Å². The van der Waals surface area contributed by atoms with Crippen molar-refractivity contribution in [2.24, 2.45) is 5.92 Å². The van der Waals surface area contributed by atoms with Gasteiger partial charge in [0.25, 0.3) is 11.6 Å². The monoisotopic (exact) mass is 391 g/mol. The average Bonchev–Trinajstić information content (AvgIpc) is 2.69. The minimum absolute atomic E-state index is 0.0403. The van der Waals surface area contributed by atoms with E-state index in [9.17, 15) is 19.7 Å². The van der Waals surface area contributed by atoms with Crippen LogP contribution in [0.5, 0.6) is 0 Å². The molecule has 1 heterocycles. The Morgan fingerprint density at radius 3 is 2.68 bits per heavy atom. The van der Waals surface area contributed by atoms with E-state index in [0.717, 1.165) is 38.8 Å². The summed E-state index contributed by atoms with van der Waals surface area (Å²) >= 11 is 0. The van der Waals surface area contributed by atoms with Crippen LogP contribution in [0.3, 0.4) is 0 Å². The second-order valence-electron chi connectivity index (χ2n) is 7.31. The maximum atomic E-state index is 12.3. The quantitative estimate of drug-likeness (QED) is 0.414. The lowest BCUT2D eigenvalue weighted by atomic mass is 9.99. The number of amides is 1. The first-order valence-corrected chi connectivity index (χ1v) is 9.85. The van der Waals surface area contributed by atoms with Crippen LogP contribution in [0.25, 0.3) is 0 Å². The molecular weight excluding hydrogens is 362 g/mol. The van der Waals surface area contributed by atoms with Gasteiger partial charge in [-0.15, -0.1) is 0 Å². The first-order chi connectivity index (χ1) is 13.3. The van der Waals surface area contributed by atoms with Crippen LogP contribution in [-0.2, 0) is 9.53 Å². The minimum atomic E-state index is -0.749. The fourth-order valence-electron chi connectivity index (χ4n) is 3.45. The summed E-state index contributed by atoms with van der Waals surface area (Å²) in [7, 11) is 0. The molecule has 1 N–H and O–H groups in total. The molecule has 0 aliphatic carbocycles. The van der Waals surface area contributed by atoms with Crippen molar-refractivity contribution in [1.29, 1.82) is 0 Å². The van der Waals surface area contributed by atoms with Crippen LogP contribution in [0, 0.1) is 16.0 Å². The second kappa shape index (κ2) is 10.1. The van der Waals surface area contributed by atoms with E-state index in [1.165, 1.54) is 12.1 Å². The Bertz CT molecular complexity index is 718. The summed E-state index contributed by atoms with van der Waals surface area (Å²) in [5, 5.41) is 14.3. The van der Waals surface area contributed by atoms with Crippen molar-refractivity contribution < 1.29 is 19.2 Å². The van der Waals surface area contributed by atoms with Crippen LogP contribution in [0.4, 0.5) is 11.4 Å². The summed E-state index contributed by atoms with van der Waals surface area (Å²) in [6.45, 7) is 7.14. The van der Waals surface area contributed by atoms with Gasteiger partial charge in [-0.3, -0.25) is 14.9 Å². The van der Waals surface area contributed by atoms with E-state index in [0.29, 0.717) is 11.6 Å². The maximum Gasteiger partial charge on any atom is 0.338 e. The molecule has 1 atom stereocenters. The highest BCUT2D eigenvalue weighted by molar-refractivity contribution is 5.93. The molecule has 0 bridgehead atoms. The third kappa shape index (κ3) is 5.68. The molecule has 1 aromatic rings. The third-order valence-corrected chi connectivity index (χ3v) is 5.09. The molecule has 0 saturated carbocycles. The molecule has 1 fully saturated rings. The van der Waals surface area contributed by atoms with Crippen molar-refractivity contribution in [1.82, 2.24) is 5.32 Å². The van der Waals surface area contributed by atoms with E-state index in [2.05, 4.69) is 12.2 Å². The van der Waals surface area contributed by atoms with E-state index < -0.39 is 17.5 Å². The van der Waals surface area contributed by atoms with Crippen LogP contribution in [0.15, 0.2) is 18.2 Å². The summed E-state index contributed by atoms with van der Waals surface area (Å²) in [6, 6.07) is 4.38. The molecule has 0 spiro atoms. The lowest BCUT2D eigenvalue weighted by Gasteiger charge is -2.32. The van der Waals surface area contributed by atoms with Gasteiger partial charge in [0.1, 0.15) is 5.69 Å². The van der Waals surface area contributed by atoms with Crippen molar-refractivity contribution >= 4 is 23.3 Å². The van der Waals surface area contributed by atoms with Gasteiger partial charge in [0.2, 0.25) is 0 Å². The Balaban J connectivity index is 2.07. The fourth-order valence-corrected chi connectivity index (χ4v) is 3.45. The summed E-state index contributed by atoms with van der Waals surface area (Å²) < 4.78 is 5.03. The molecule has 1 aromatic carbocycles. The summed E-state index contributed by atoms with van der Waals surface area (Å²) in [6.07, 6.45) is 3.67. The van der Waals surface area contributed by atoms with E-state index >= 15 is 0 Å². The zero-order valence-electron chi connectivity index (χ0n) is 16.8. The van der Waals surface area contributed by atoms with E-state index in [-0.39, 0.29) is 23.2 Å². The van der Waals surface area contributed by atoms with Gasteiger partial charge in [-0.1, -0.05) is 20.8 Å². The summed E-state index contributed by atoms with van der Waals surface area (Å²) in [5.74, 6) is -0.664. The second-order valence-corrected chi connectivity index (χ2v) is 7.31. The molecule has 1 amide bonds. The molecule has 0 aromatic heterocycles. The number of anilines is 1. The van der Waals surface area contributed by atoms with Crippen LogP contribution < -0.4 is 10.2 Å². The number of carbonyl (C=O) groups is 2. The molecule has 0 unspecified atom stereocenters. The smallest absolute Gasteiger partial charge is 0.338 e. The molecule has 2 rings (SSSR count). The van der Waals surface area contributed by atoms with Gasteiger partial charge < -0.3 is 15.0 Å². The standard InChI is InChI=1S/C20H29N3O5/c1-4-16(5-2)21-19(24)13-28-20(25)15-8-9-17(18(11-15)23(26)27)22-10-6-7-14(3)12-22/h8-9,11,14,16H,4-7,10,12-13H2,1-3H3,(H,21,24)/t14-/m1/s1. The highest BCUT2D eigenvalue weighted by atomic mass is 16.6. The predicted octanol–water partition coefficient (Wildman–Crippen LogP) is 3.29. The number of piperidine rings is 1. The lowest BCUT2D eigenvalue weighted by molar-refractivity contribution is -0.384. The average molecular weight is 391 g/mol. The largest absolute Gasteiger partial charge is 0.452 e. The third-order valence-electron chi connectivity index (χ3n) is 5.09. The number of carbonyl (C=O) groups excluding carboxylic acids is 2. The Morgan fingerprint density at radius 2 is 2.07 bits per heavy atom. The SMILES string of the molecule is CCC(CC)NC(=O)COC(=O)c1ccc(N2CCC[C@@H](C)C2)c([N+](=O)[O-])c1. The summed E-state index contributed by atoms with van der Waals surface area (Å²) in [5.41, 5.74) is 0.459. The number of rotatable bonds is 8. The van der Waals surface area contributed by atoms with Gasteiger partial charge in [-0.05, 0) is 43.7 Å². The van der Waals surface area contributed by atoms with Crippen molar-refractivity contribution in [3.63, 3.8) is 0 Å². The molecule has 1 aliphatic rings. The van der Waals surface area contributed by atoms with Crippen molar-refractivity contribution in [3.05, 3.63) is 33.9 Å². The Labute approximate surface area is 165 Å². The van der Waals surface area contributed by atoms with Gasteiger partial charge in [-0.2, -0.15) is 0 Å². The number of esters is 1. The minimum Gasteiger partial charge on any atom is -0.452 e. The number of benzene rings is 1.